The number of nitrogens with zero attached hydrogens (tertiary/aromatic N) is 1. The van der Waals surface area contributed by atoms with E-state index in [-0.39, 0.29) is 5.41 Å². The molecule has 0 spiro atoms. The zero-order valence-electron chi connectivity index (χ0n) is 12.1. The van der Waals surface area contributed by atoms with Crippen molar-refractivity contribution in [2.75, 3.05) is 14.2 Å². The highest BCUT2D eigenvalue weighted by atomic mass is 16.5. The molecule has 104 valence electrons. The molecule has 0 N–H and O–H groups in total. The molecular weight excluding hydrogens is 254 g/mol. The first-order valence-corrected chi connectivity index (χ1v) is 6.10. The highest BCUT2D eigenvalue weighted by Gasteiger charge is 2.14. The van der Waals surface area contributed by atoms with Gasteiger partial charge in [-0.25, -0.2) is 4.79 Å². The summed E-state index contributed by atoms with van der Waals surface area (Å²) in [6.07, 6.45) is 0.359. The van der Waals surface area contributed by atoms with E-state index in [4.69, 9.17) is 10.00 Å². The Morgan fingerprint density at radius 3 is 2.60 bits per heavy atom. The van der Waals surface area contributed by atoms with Crippen molar-refractivity contribution in [3.63, 3.8) is 0 Å². The summed E-state index contributed by atoms with van der Waals surface area (Å²) in [7, 11) is 2.80. The topological polar surface area (TPSA) is 59.3 Å². The number of benzene rings is 1. The lowest BCUT2D eigenvalue weighted by Crippen LogP contribution is -2.06. The fraction of sp³-hybridized carbons (Fsp3) is 0.375. The van der Waals surface area contributed by atoms with Crippen molar-refractivity contribution in [2.45, 2.75) is 20.3 Å². The van der Waals surface area contributed by atoms with Gasteiger partial charge in [-0.2, -0.15) is 5.26 Å². The largest absolute Gasteiger partial charge is 0.496 e. The van der Waals surface area contributed by atoms with Crippen LogP contribution in [0, 0.1) is 28.6 Å². The highest BCUT2D eigenvalue weighted by molar-refractivity contribution is 5.92. The van der Waals surface area contributed by atoms with Crippen molar-refractivity contribution in [1.29, 1.82) is 5.26 Å². The second kappa shape index (κ2) is 6.63. The molecular formula is C16H17NO3. The van der Waals surface area contributed by atoms with Gasteiger partial charge in [-0.15, -0.1) is 0 Å². The highest BCUT2D eigenvalue weighted by Crippen LogP contribution is 2.22. The van der Waals surface area contributed by atoms with Crippen LogP contribution in [0.4, 0.5) is 0 Å². The molecule has 0 saturated carbocycles. The Balaban J connectivity index is 3.10. The van der Waals surface area contributed by atoms with Crippen molar-refractivity contribution in [3.8, 4) is 23.7 Å². The van der Waals surface area contributed by atoms with Crippen LogP contribution in [0.15, 0.2) is 18.2 Å². The second-order valence-corrected chi connectivity index (χ2v) is 4.88. The van der Waals surface area contributed by atoms with Crippen LogP contribution < -0.4 is 4.74 Å². The molecule has 0 unspecified atom stereocenters. The summed E-state index contributed by atoms with van der Waals surface area (Å²) in [5.41, 5.74) is 0.709. The summed E-state index contributed by atoms with van der Waals surface area (Å²) < 4.78 is 9.84. The number of carbonyl (C=O) groups is 1. The van der Waals surface area contributed by atoms with E-state index in [1.54, 1.807) is 18.2 Å². The van der Waals surface area contributed by atoms with Crippen LogP contribution in [0.25, 0.3) is 0 Å². The lowest BCUT2D eigenvalue weighted by molar-refractivity contribution is 0.0597. The number of carbonyl (C=O) groups excluding carboxylic acids is 1. The number of esters is 1. The van der Waals surface area contributed by atoms with Crippen molar-refractivity contribution >= 4 is 5.97 Å². The average molecular weight is 271 g/mol. The lowest BCUT2D eigenvalue weighted by atomic mass is 9.90. The summed E-state index contributed by atoms with van der Waals surface area (Å²) in [6, 6.07) is 7.14. The summed E-state index contributed by atoms with van der Waals surface area (Å²) >= 11 is 0. The van der Waals surface area contributed by atoms with Gasteiger partial charge in [-0.1, -0.05) is 11.8 Å². The lowest BCUT2D eigenvalue weighted by Gasteiger charge is -2.11. The Morgan fingerprint density at radius 1 is 1.35 bits per heavy atom. The maximum atomic E-state index is 11.5. The van der Waals surface area contributed by atoms with Crippen molar-refractivity contribution in [1.82, 2.24) is 0 Å². The third kappa shape index (κ3) is 4.03. The molecule has 1 aromatic rings. The van der Waals surface area contributed by atoms with E-state index < -0.39 is 5.97 Å². The van der Waals surface area contributed by atoms with E-state index in [1.807, 2.05) is 13.8 Å². The smallest absolute Gasteiger partial charge is 0.341 e. The van der Waals surface area contributed by atoms with E-state index in [2.05, 4.69) is 22.6 Å². The molecule has 0 radical (unpaired) electrons. The van der Waals surface area contributed by atoms with Crippen LogP contribution in [-0.4, -0.2) is 20.2 Å². The van der Waals surface area contributed by atoms with Crippen LogP contribution in [0.3, 0.4) is 0 Å². The fourth-order valence-corrected chi connectivity index (χ4v) is 1.53. The van der Waals surface area contributed by atoms with E-state index >= 15 is 0 Å². The van der Waals surface area contributed by atoms with Crippen LogP contribution in [0.2, 0.25) is 0 Å². The third-order valence-electron chi connectivity index (χ3n) is 2.67. The molecule has 1 rings (SSSR count). The van der Waals surface area contributed by atoms with Gasteiger partial charge in [0.15, 0.2) is 0 Å². The van der Waals surface area contributed by atoms with Crippen LogP contribution in [-0.2, 0) is 4.74 Å². The van der Waals surface area contributed by atoms with Crippen molar-refractivity contribution in [2.24, 2.45) is 5.41 Å². The number of hydrogen-bond donors (Lipinski definition) is 0. The molecule has 1 aromatic carbocycles. The molecule has 20 heavy (non-hydrogen) atoms. The minimum atomic E-state index is -0.453. The van der Waals surface area contributed by atoms with Gasteiger partial charge in [0.1, 0.15) is 11.3 Å². The number of rotatable bonds is 3. The van der Waals surface area contributed by atoms with Crippen LogP contribution in [0.1, 0.15) is 36.2 Å². The van der Waals surface area contributed by atoms with Crippen LogP contribution in [0.5, 0.6) is 5.75 Å². The SMILES string of the molecule is COC(=O)c1ccc(C#CC(C)(C)CC#N)cc1OC. The summed E-state index contributed by atoms with van der Waals surface area (Å²) in [6.45, 7) is 3.81. The van der Waals surface area contributed by atoms with Gasteiger partial charge < -0.3 is 9.47 Å². The van der Waals surface area contributed by atoms with E-state index in [0.29, 0.717) is 17.7 Å². The van der Waals surface area contributed by atoms with Gasteiger partial charge in [0.05, 0.1) is 26.7 Å². The average Bonchev–Trinajstić information content (AvgIpc) is 2.44. The first-order chi connectivity index (χ1) is 9.43. The molecule has 0 amide bonds. The van der Waals surface area contributed by atoms with Gasteiger partial charge >= 0.3 is 5.97 Å². The second-order valence-electron chi connectivity index (χ2n) is 4.88. The molecule has 4 nitrogen and oxygen atoms in total. The number of ether oxygens (including phenoxy) is 2. The van der Waals surface area contributed by atoms with Gasteiger partial charge in [0.25, 0.3) is 0 Å². The first kappa shape index (κ1) is 15.6. The molecule has 0 fully saturated rings. The molecule has 0 heterocycles. The van der Waals surface area contributed by atoms with Gasteiger partial charge in [0.2, 0.25) is 0 Å². The molecule has 4 heteroatoms. The maximum absolute atomic E-state index is 11.5. The molecule has 0 bridgehead atoms. The quantitative estimate of drug-likeness (QED) is 0.626. The number of hydrogen-bond acceptors (Lipinski definition) is 4. The molecule has 0 atom stereocenters. The minimum Gasteiger partial charge on any atom is -0.496 e. The van der Waals surface area contributed by atoms with E-state index in [1.165, 1.54) is 14.2 Å². The van der Waals surface area contributed by atoms with Gasteiger partial charge in [-0.05, 0) is 32.0 Å². The van der Waals surface area contributed by atoms with E-state index in [9.17, 15) is 4.79 Å². The minimum absolute atomic E-state index is 0.358. The maximum Gasteiger partial charge on any atom is 0.341 e. The van der Waals surface area contributed by atoms with Crippen molar-refractivity contribution in [3.05, 3.63) is 29.3 Å². The zero-order chi connectivity index (χ0) is 15.2. The molecule has 0 aliphatic rings. The predicted octanol–water partition coefficient (Wildman–Crippen LogP) is 2.77. The molecule has 0 aliphatic heterocycles. The predicted molar refractivity (Wildman–Crippen MR) is 75.2 cm³/mol. The summed E-state index contributed by atoms with van der Waals surface area (Å²) in [5.74, 6) is 6.01. The Bertz CT molecular complexity index is 600. The normalized spacial score (nSPS) is 9.95. The first-order valence-electron chi connectivity index (χ1n) is 6.10. The monoisotopic (exact) mass is 271 g/mol. The number of methoxy groups -OCH3 is 2. The Morgan fingerprint density at radius 2 is 2.05 bits per heavy atom. The summed E-state index contributed by atoms with van der Waals surface area (Å²) in [5, 5.41) is 8.72. The number of nitriles is 1. The fourth-order valence-electron chi connectivity index (χ4n) is 1.53. The Labute approximate surface area is 119 Å². The zero-order valence-corrected chi connectivity index (χ0v) is 12.1. The van der Waals surface area contributed by atoms with Crippen molar-refractivity contribution < 1.29 is 14.3 Å². The van der Waals surface area contributed by atoms with Gasteiger partial charge in [0, 0.05) is 11.0 Å². The summed E-state index contributed by atoms with van der Waals surface area (Å²) in [4.78, 5) is 11.5. The third-order valence-corrected chi connectivity index (χ3v) is 2.67. The molecule has 0 aromatic heterocycles. The Hall–Kier alpha value is -2.46. The molecule has 0 saturated heterocycles. The standard InChI is InChI=1S/C16H17NO3/c1-16(2,9-10-17)8-7-12-5-6-13(15(18)20-4)14(11-12)19-3/h5-6,11H,9H2,1-4H3. The molecule has 0 aliphatic carbocycles. The van der Waals surface area contributed by atoms with Gasteiger partial charge in [-0.3, -0.25) is 0 Å². The van der Waals surface area contributed by atoms with Crippen LogP contribution >= 0.6 is 0 Å². The Kier molecular flexibility index (Phi) is 5.17. The van der Waals surface area contributed by atoms with E-state index in [0.717, 1.165) is 5.56 Å².